The second kappa shape index (κ2) is 3.29. The van der Waals surface area contributed by atoms with Crippen molar-refractivity contribution in [3.05, 3.63) is 32.7 Å². The molecule has 72 valence electrons. The first kappa shape index (κ1) is 10.5. The fraction of sp³-hybridized carbons (Fsp3) is 0.500. The maximum atomic E-state index is 11.6. The summed E-state index contributed by atoms with van der Waals surface area (Å²) in [5.41, 5.74) is 0.869. The van der Waals surface area contributed by atoms with E-state index in [2.05, 4.69) is 15.9 Å². The third-order valence-corrected chi connectivity index (χ3v) is 2.31. The molecular weight excluding hydrogens is 230 g/mol. The Morgan fingerprint density at radius 1 is 1.31 bits per heavy atom. The third kappa shape index (κ3) is 2.21. The predicted molar refractivity (Wildman–Crippen MR) is 58.1 cm³/mol. The summed E-state index contributed by atoms with van der Waals surface area (Å²) < 4.78 is 2.63. The van der Waals surface area contributed by atoms with Crippen LogP contribution in [0.4, 0.5) is 0 Å². The van der Waals surface area contributed by atoms with Crippen molar-refractivity contribution < 1.29 is 0 Å². The second-order valence-corrected chi connectivity index (χ2v) is 5.08. The van der Waals surface area contributed by atoms with Crippen molar-refractivity contribution in [1.82, 2.24) is 4.57 Å². The van der Waals surface area contributed by atoms with Crippen LogP contribution in [0, 0.1) is 6.92 Å². The van der Waals surface area contributed by atoms with Gasteiger partial charge in [-0.25, -0.2) is 0 Å². The van der Waals surface area contributed by atoms with Crippen molar-refractivity contribution in [3.8, 4) is 0 Å². The Morgan fingerprint density at radius 3 is 2.23 bits per heavy atom. The van der Waals surface area contributed by atoms with Crippen LogP contribution in [0.3, 0.4) is 0 Å². The van der Waals surface area contributed by atoms with Gasteiger partial charge in [-0.3, -0.25) is 4.79 Å². The minimum atomic E-state index is -0.151. The number of hydrogen-bond acceptors (Lipinski definition) is 1. The maximum absolute atomic E-state index is 11.6. The van der Waals surface area contributed by atoms with Gasteiger partial charge in [0.05, 0.1) is 0 Å². The fourth-order valence-electron chi connectivity index (χ4n) is 1.52. The van der Waals surface area contributed by atoms with E-state index in [4.69, 9.17) is 0 Å². The molecule has 0 aliphatic heterocycles. The van der Waals surface area contributed by atoms with E-state index in [0.717, 1.165) is 10.2 Å². The molecule has 0 amide bonds. The first-order valence-electron chi connectivity index (χ1n) is 4.22. The molecule has 2 nitrogen and oxygen atoms in total. The van der Waals surface area contributed by atoms with Gasteiger partial charge in [0, 0.05) is 21.8 Å². The van der Waals surface area contributed by atoms with E-state index in [1.165, 1.54) is 0 Å². The van der Waals surface area contributed by atoms with Crippen LogP contribution in [-0.2, 0) is 5.54 Å². The Kier molecular flexibility index (Phi) is 2.66. The van der Waals surface area contributed by atoms with Gasteiger partial charge in [-0.05, 0) is 33.8 Å². The highest BCUT2D eigenvalue weighted by Crippen LogP contribution is 2.16. The minimum absolute atomic E-state index is 0.0411. The molecule has 13 heavy (non-hydrogen) atoms. The fourth-order valence-corrected chi connectivity index (χ4v) is 2.05. The Morgan fingerprint density at radius 2 is 1.85 bits per heavy atom. The number of pyridine rings is 1. The van der Waals surface area contributed by atoms with Gasteiger partial charge >= 0.3 is 0 Å². The van der Waals surface area contributed by atoms with Crippen molar-refractivity contribution in [2.75, 3.05) is 0 Å². The van der Waals surface area contributed by atoms with E-state index in [0.29, 0.717) is 0 Å². The number of nitrogens with zero attached hydrogens (tertiary/aromatic N) is 1. The minimum Gasteiger partial charge on any atom is -0.308 e. The number of halogens is 1. The largest absolute Gasteiger partial charge is 0.308 e. The molecule has 0 saturated carbocycles. The molecule has 0 fully saturated rings. The van der Waals surface area contributed by atoms with E-state index in [-0.39, 0.29) is 11.1 Å². The predicted octanol–water partition coefficient (Wildman–Crippen LogP) is 2.67. The topological polar surface area (TPSA) is 22.0 Å². The SMILES string of the molecule is Cc1cc(Br)cc(=O)n1C(C)(C)C. The molecule has 0 radical (unpaired) electrons. The molecule has 1 aromatic rings. The summed E-state index contributed by atoms with van der Waals surface area (Å²) in [6.45, 7) is 8.01. The molecule has 0 aromatic carbocycles. The van der Waals surface area contributed by atoms with Gasteiger partial charge in [0.25, 0.3) is 5.56 Å². The molecule has 0 aliphatic carbocycles. The lowest BCUT2D eigenvalue weighted by Gasteiger charge is -2.24. The Balaban J connectivity index is 3.47. The molecule has 0 N–H and O–H groups in total. The van der Waals surface area contributed by atoms with Gasteiger partial charge in [-0.15, -0.1) is 0 Å². The van der Waals surface area contributed by atoms with Gasteiger partial charge < -0.3 is 4.57 Å². The monoisotopic (exact) mass is 243 g/mol. The molecule has 0 saturated heterocycles. The van der Waals surface area contributed by atoms with Gasteiger partial charge in [-0.2, -0.15) is 0 Å². The zero-order valence-electron chi connectivity index (χ0n) is 8.39. The summed E-state index contributed by atoms with van der Waals surface area (Å²) in [5.74, 6) is 0. The van der Waals surface area contributed by atoms with E-state index in [9.17, 15) is 4.79 Å². The molecular formula is C10H14BrNO. The molecule has 3 heteroatoms. The summed E-state index contributed by atoms with van der Waals surface area (Å²) in [5, 5.41) is 0. The molecule has 1 aromatic heterocycles. The van der Waals surface area contributed by atoms with Crippen LogP contribution in [-0.4, -0.2) is 4.57 Å². The molecule has 0 unspecified atom stereocenters. The Labute approximate surface area is 86.7 Å². The van der Waals surface area contributed by atoms with Crippen LogP contribution in [0.25, 0.3) is 0 Å². The standard InChI is InChI=1S/C10H14BrNO/c1-7-5-8(11)6-9(13)12(7)10(2,3)4/h5-6H,1-4H3. The summed E-state index contributed by atoms with van der Waals surface area (Å²) in [6, 6.07) is 3.55. The number of hydrogen-bond donors (Lipinski definition) is 0. The van der Waals surface area contributed by atoms with Crippen molar-refractivity contribution in [3.63, 3.8) is 0 Å². The van der Waals surface area contributed by atoms with Gasteiger partial charge in [0.1, 0.15) is 0 Å². The van der Waals surface area contributed by atoms with Crippen molar-refractivity contribution in [1.29, 1.82) is 0 Å². The number of rotatable bonds is 0. The maximum Gasteiger partial charge on any atom is 0.252 e. The number of aryl methyl sites for hydroxylation is 1. The third-order valence-electron chi connectivity index (χ3n) is 1.85. The van der Waals surface area contributed by atoms with Crippen molar-refractivity contribution in [2.24, 2.45) is 0 Å². The zero-order valence-corrected chi connectivity index (χ0v) is 9.97. The van der Waals surface area contributed by atoms with Crippen LogP contribution in [0.2, 0.25) is 0 Å². The van der Waals surface area contributed by atoms with E-state index in [1.54, 1.807) is 10.6 Å². The highest BCUT2D eigenvalue weighted by Gasteiger charge is 2.16. The molecule has 0 spiro atoms. The van der Waals surface area contributed by atoms with E-state index < -0.39 is 0 Å². The Hall–Kier alpha value is -0.570. The van der Waals surface area contributed by atoms with Crippen molar-refractivity contribution in [2.45, 2.75) is 33.2 Å². The lowest BCUT2D eigenvalue weighted by Crippen LogP contribution is -2.34. The van der Waals surface area contributed by atoms with E-state index >= 15 is 0 Å². The normalized spacial score (nSPS) is 11.8. The lowest BCUT2D eigenvalue weighted by atomic mass is 10.1. The summed E-state index contributed by atoms with van der Waals surface area (Å²) in [4.78, 5) is 11.6. The van der Waals surface area contributed by atoms with Crippen LogP contribution in [0.15, 0.2) is 21.4 Å². The summed E-state index contributed by atoms with van der Waals surface area (Å²) in [7, 11) is 0. The molecule has 0 atom stereocenters. The van der Waals surface area contributed by atoms with Gasteiger partial charge in [0.2, 0.25) is 0 Å². The van der Waals surface area contributed by atoms with Crippen molar-refractivity contribution >= 4 is 15.9 Å². The molecule has 1 heterocycles. The number of aromatic nitrogens is 1. The highest BCUT2D eigenvalue weighted by molar-refractivity contribution is 9.10. The van der Waals surface area contributed by atoms with Crippen LogP contribution >= 0.6 is 15.9 Å². The van der Waals surface area contributed by atoms with Crippen LogP contribution < -0.4 is 5.56 Å². The molecule has 0 aliphatic rings. The van der Waals surface area contributed by atoms with Crippen LogP contribution in [0.5, 0.6) is 0 Å². The molecule has 0 bridgehead atoms. The second-order valence-electron chi connectivity index (χ2n) is 4.16. The average Bonchev–Trinajstić information content (AvgIpc) is 1.78. The Bertz CT molecular complexity index is 373. The smallest absolute Gasteiger partial charge is 0.252 e. The first-order valence-corrected chi connectivity index (χ1v) is 5.01. The molecule has 1 rings (SSSR count). The highest BCUT2D eigenvalue weighted by atomic mass is 79.9. The quantitative estimate of drug-likeness (QED) is 0.687. The first-order chi connectivity index (χ1) is 5.82. The van der Waals surface area contributed by atoms with Crippen LogP contribution in [0.1, 0.15) is 26.5 Å². The summed E-state index contributed by atoms with van der Waals surface area (Å²) in [6.07, 6.45) is 0. The lowest BCUT2D eigenvalue weighted by molar-refractivity contribution is 0.375. The summed E-state index contributed by atoms with van der Waals surface area (Å²) >= 11 is 3.30. The van der Waals surface area contributed by atoms with E-state index in [1.807, 2.05) is 33.8 Å². The van der Waals surface area contributed by atoms with Gasteiger partial charge in [-0.1, -0.05) is 15.9 Å². The zero-order chi connectivity index (χ0) is 10.2. The average molecular weight is 244 g/mol. The van der Waals surface area contributed by atoms with Gasteiger partial charge in [0.15, 0.2) is 0 Å².